The maximum atomic E-state index is 11.9. The van der Waals surface area contributed by atoms with Gasteiger partial charge in [-0.05, 0) is 33.6 Å². The van der Waals surface area contributed by atoms with Crippen molar-refractivity contribution in [3.63, 3.8) is 0 Å². The van der Waals surface area contributed by atoms with Crippen LogP contribution in [0.15, 0.2) is 27.7 Å². The van der Waals surface area contributed by atoms with Crippen LogP contribution in [0.2, 0.25) is 0 Å². The van der Waals surface area contributed by atoms with E-state index in [1.807, 2.05) is 12.1 Å². The average molecular weight is 349 g/mol. The number of hydrogen-bond acceptors (Lipinski definition) is 3. The van der Waals surface area contributed by atoms with Gasteiger partial charge in [0, 0.05) is 6.42 Å². The predicted octanol–water partition coefficient (Wildman–Crippen LogP) is 1.66. The zero-order valence-corrected chi connectivity index (χ0v) is 12.3. The molecule has 112 valence electrons. The number of guanidine groups is 1. The molecule has 20 heavy (non-hydrogen) atoms. The van der Waals surface area contributed by atoms with Gasteiger partial charge in [-0.1, -0.05) is 6.07 Å². The first-order chi connectivity index (χ1) is 9.54. The molecule has 0 aliphatic rings. The van der Waals surface area contributed by atoms with Crippen molar-refractivity contribution in [3.05, 3.63) is 28.2 Å². The lowest BCUT2D eigenvalue weighted by Crippen LogP contribution is -2.22. The summed E-state index contributed by atoms with van der Waals surface area (Å²) in [5.74, 6) is 0.747. The lowest BCUT2D eigenvalue weighted by Gasteiger charge is -2.08. The highest BCUT2D eigenvalue weighted by Crippen LogP contribution is 2.26. The van der Waals surface area contributed by atoms with Gasteiger partial charge in [0.1, 0.15) is 5.75 Å². The molecule has 1 aromatic carbocycles. The fourth-order valence-corrected chi connectivity index (χ4v) is 1.72. The molecule has 0 aromatic heterocycles. The van der Waals surface area contributed by atoms with Crippen LogP contribution >= 0.6 is 15.9 Å². The molecule has 0 radical (unpaired) electrons. The molecule has 0 saturated carbocycles. The Balaban J connectivity index is 0.00000110. The minimum absolute atomic E-state index is 0.0596. The van der Waals surface area contributed by atoms with Crippen LogP contribution in [0.5, 0.6) is 5.75 Å². The van der Waals surface area contributed by atoms with E-state index in [1.54, 1.807) is 6.07 Å². The minimum Gasteiger partial charge on any atom is -0.492 e. The molecule has 0 saturated heterocycles. The molecule has 8 heteroatoms. The summed E-state index contributed by atoms with van der Waals surface area (Å²) in [5.41, 5.74) is 11.5. The van der Waals surface area contributed by atoms with Crippen molar-refractivity contribution in [2.24, 2.45) is 16.5 Å². The summed E-state index contributed by atoms with van der Waals surface area (Å²) in [7, 11) is 0. The van der Waals surface area contributed by atoms with E-state index in [0.29, 0.717) is 25.3 Å². The molecule has 6 nitrogen and oxygen atoms in total. The number of nitrogens with two attached hydrogens (primary N) is 2. The largest absolute Gasteiger partial charge is 0.492 e. The summed E-state index contributed by atoms with van der Waals surface area (Å²) in [5, 5.41) is 6.89. The molecule has 0 fully saturated rings. The molecule has 5 N–H and O–H groups in total. The molecular formula is C12H17BrFN3O3. The van der Waals surface area contributed by atoms with Crippen LogP contribution in [0.1, 0.15) is 12.0 Å². The summed E-state index contributed by atoms with van der Waals surface area (Å²) >= 11 is 3.38. The van der Waals surface area contributed by atoms with Crippen LogP contribution in [-0.4, -0.2) is 30.8 Å². The predicted molar refractivity (Wildman–Crippen MR) is 78.4 cm³/mol. The van der Waals surface area contributed by atoms with Gasteiger partial charge in [-0.15, -0.1) is 0 Å². The Bertz CT molecular complexity index is 440. The standard InChI is InChI=1S/C11H15BrFN3O.CH2O2/c12-9-6-8(7-16-11(14)15)2-3-10(9)17-5-1-4-13;2-1-3/h2-3,6H,1,4-5,7H2,(H4,14,15,16);1H,(H,2,3)/i13-1;. The number of rotatable bonds is 6. The molecule has 0 atom stereocenters. The number of aliphatic imine (C=N–C) groups is 1. The molecule has 0 amide bonds. The van der Waals surface area contributed by atoms with Crippen molar-refractivity contribution in [1.82, 2.24) is 0 Å². The van der Waals surface area contributed by atoms with Gasteiger partial charge in [0.2, 0.25) is 0 Å². The molecule has 0 unspecified atom stereocenters. The number of halogens is 2. The summed E-state index contributed by atoms with van der Waals surface area (Å²) < 4.78 is 18.1. The van der Waals surface area contributed by atoms with Gasteiger partial charge < -0.3 is 21.3 Å². The van der Waals surface area contributed by atoms with Crippen LogP contribution in [0.25, 0.3) is 0 Å². The summed E-state index contributed by atoms with van der Waals surface area (Å²) in [4.78, 5) is 12.3. The number of carbonyl (C=O) groups is 1. The maximum absolute atomic E-state index is 11.9. The average Bonchev–Trinajstić information content (AvgIpc) is 2.40. The van der Waals surface area contributed by atoms with Gasteiger partial charge in [-0.3, -0.25) is 9.18 Å². The van der Waals surface area contributed by atoms with Crippen LogP contribution < -0.4 is 16.2 Å². The number of benzene rings is 1. The Morgan fingerprint density at radius 2 is 2.15 bits per heavy atom. The van der Waals surface area contributed by atoms with Crippen molar-refractivity contribution in [2.75, 3.05) is 13.3 Å². The third kappa shape index (κ3) is 8.30. The second kappa shape index (κ2) is 11.0. The Labute approximate surface area is 124 Å². The molecule has 0 spiro atoms. The Hall–Kier alpha value is -1.83. The Morgan fingerprint density at radius 3 is 2.65 bits per heavy atom. The molecule has 0 aliphatic heterocycles. The second-order valence-electron chi connectivity index (χ2n) is 3.50. The van der Waals surface area contributed by atoms with Crippen molar-refractivity contribution in [2.45, 2.75) is 13.0 Å². The highest BCUT2D eigenvalue weighted by molar-refractivity contribution is 9.10. The summed E-state index contributed by atoms with van der Waals surface area (Å²) in [6, 6.07) is 5.54. The monoisotopic (exact) mass is 348 g/mol. The fraction of sp³-hybridized carbons (Fsp3) is 0.333. The van der Waals surface area contributed by atoms with E-state index in [-0.39, 0.29) is 19.1 Å². The van der Waals surface area contributed by atoms with E-state index in [1.165, 1.54) is 0 Å². The smallest absolute Gasteiger partial charge is 0.290 e. The van der Waals surface area contributed by atoms with E-state index >= 15 is 0 Å². The first kappa shape index (κ1) is 18.2. The highest BCUT2D eigenvalue weighted by Gasteiger charge is 2.02. The van der Waals surface area contributed by atoms with Crippen LogP contribution in [0.3, 0.4) is 0 Å². The van der Waals surface area contributed by atoms with Gasteiger partial charge in [0.05, 0.1) is 24.3 Å². The number of nitrogens with zero attached hydrogens (tertiary/aromatic N) is 1. The van der Waals surface area contributed by atoms with Crippen LogP contribution in [0.4, 0.5) is 4.39 Å². The van der Waals surface area contributed by atoms with E-state index in [0.717, 1.165) is 10.0 Å². The van der Waals surface area contributed by atoms with Crippen molar-refractivity contribution in [3.8, 4) is 5.75 Å². The second-order valence-corrected chi connectivity index (χ2v) is 4.36. The molecule has 1 aromatic rings. The lowest BCUT2D eigenvalue weighted by molar-refractivity contribution is -0.122. The number of carboxylic acid groups (broad SMARTS) is 1. The fourth-order valence-electron chi connectivity index (χ4n) is 1.18. The topological polar surface area (TPSA) is 111 Å². The first-order valence-electron chi connectivity index (χ1n) is 5.65. The van der Waals surface area contributed by atoms with Gasteiger partial charge in [0.25, 0.3) is 6.47 Å². The maximum Gasteiger partial charge on any atom is 0.290 e. The zero-order chi connectivity index (χ0) is 15.4. The van der Waals surface area contributed by atoms with Gasteiger partial charge in [0.15, 0.2) is 5.96 Å². The summed E-state index contributed by atoms with van der Waals surface area (Å²) in [6.45, 7) is 0.161. The van der Waals surface area contributed by atoms with Crippen molar-refractivity contribution < 1.29 is 19.0 Å². The van der Waals surface area contributed by atoms with Crippen molar-refractivity contribution in [1.29, 1.82) is 0 Å². The molecule has 0 bridgehead atoms. The van der Waals surface area contributed by atoms with E-state index in [4.69, 9.17) is 26.1 Å². The zero-order valence-electron chi connectivity index (χ0n) is 10.8. The Kier molecular flexibility index (Phi) is 10.0. The quantitative estimate of drug-likeness (QED) is 0.313. The molecule has 0 heterocycles. The van der Waals surface area contributed by atoms with Crippen molar-refractivity contribution >= 4 is 28.4 Å². The normalized spacial score (nSPS) is 9.10. The SMILES string of the molecule is NC(N)=NCc1ccc(OCCC[18F])c(Br)c1.O=CO. The summed E-state index contributed by atoms with van der Waals surface area (Å²) in [6.07, 6.45) is 0.391. The number of hydrogen-bond donors (Lipinski definition) is 3. The van der Waals surface area contributed by atoms with E-state index in [9.17, 15) is 4.39 Å². The van der Waals surface area contributed by atoms with Gasteiger partial charge in [-0.25, -0.2) is 4.99 Å². The molecule has 1 rings (SSSR count). The lowest BCUT2D eigenvalue weighted by atomic mass is 10.2. The molecular weight excluding hydrogens is 332 g/mol. The van der Waals surface area contributed by atoms with Crippen LogP contribution in [-0.2, 0) is 11.3 Å². The Morgan fingerprint density at radius 1 is 1.50 bits per heavy atom. The molecule has 0 aliphatic carbocycles. The number of ether oxygens (including phenoxy) is 1. The van der Waals surface area contributed by atoms with E-state index < -0.39 is 0 Å². The minimum atomic E-state index is -0.375. The van der Waals surface area contributed by atoms with Crippen LogP contribution in [0, 0.1) is 0 Å². The van der Waals surface area contributed by atoms with Gasteiger partial charge in [-0.2, -0.15) is 0 Å². The first-order valence-corrected chi connectivity index (χ1v) is 6.44. The third-order valence-corrected chi connectivity index (χ3v) is 2.60. The highest BCUT2D eigenvalue weighted by atomic mass is 79.9. The third-order valence-electron chi connectivity index (χ3n) is 1.98. The van der Waals surface area contributed by atoms with Gasteiger partial charge >= 0.3 is 0 Å². The number of alkyl halides is 1. The van der Waals surface area contributed by atoms with E-state index in [2.05, 4.69) is 20.9 Å².